The van der Waals surface area contributed by atoms with Gasteiger partial charge in [-0.2, -0.15) is 171 Å². The first-order chi connectivity index (χ1) is 53.7. The standard InChI is InChI=1S/3C7H13F3.2C6H8F6.2C6H11F3.4C6H14.C5H6F6.2C5H9F3/c1-3-4-6(2)5-7(8,9)10;1-3-4-5-6(2)7(8,9)10;1-2-3-4-5-6-7(8,9)10;1-4(6(10,11)12)2-3-5(7,8)9;1-2-3-4(5(7,8)9)6(10,11)12;1-3-4-5(2)6(7,8)9;1-2-3-4-5-6(7,8)9;2*1-5-6(2,3)4;1-5(2)6(3)4;1-4-6(3)5-2;1-3(2,4(6,7)8)5(9,10)11;1-4(2,3)5(6,7)8;1-3-4(2)5(6,7)8/h2*6H,3-5H2,1-2H3;2-6H2,1H3;2*4H,2-3H2,1H3;5H,3-4H2,1-2H3;2-5H2,1H3;2*5H2,1-4H3;5-6H,1-4H3;6H,4-5H2,1-3H3;1-2H3;1-3H3;4H,3H2,1-2H3/t2*6-;;4-;;5-;;;;;;;;/m00.0.0......../s1. The van der Waals surface area contributed by atoms with Crippen LogP contribution >= 0.6 is 0 Å². The summed E-state index contributed by atoms with van der Waals surface area (Å²) in [6.45, 7) is 55.4. The van der Waals surface area contributed by atoms with Crippen LogP contribution in [0.25, 0.3) is 0 Å². The zero-order valence-corrected chi connectivity index (χ0v) is 78.8. The lowest BCUT2D eigenvalue weighted by Crippen LogP contribution is -2.44. The van der Waals surface area contributed by atoms with Gasteiger partial charge >= 0.3 is 80.3 Å². The third-order valence-corrected chi connectivity index (χ3v) is 17.6. The summed E-state index contributed by atoms with van der Waals surface area (Å²) < 4.78 is 452. The summed E-state index contributed by atoms with van der Waals surface area (Å²) in [6.07, 6.45) is -48.8. The van der Waals surface area contributed by atoms with E-state index in [0.717, 1.165) is 77.6 Å². The molecule has 0 rings (SSSR count). The minimum absolute atomic E-state index is 0.104. The van der Waals surface area contributed by atoms with Crippen LogP contribution in [0.3, 0.4) is 0 Å². The summed E-state index contributed by atoms with van der Waals surface area (Å²) in [5.74, 6) is -6.06. The van der Waals surface area contributed by atoms with E-state index in [1.54, 1.807) is 13.8 Å². The van der Waals surface area contributed by atoms with Gasteiger partial charge in [-0.25, -0.2) is 0 Å². The Morgan fingerprint density at radius 1 is 0.211 bits per heavy atom. The number of alkyl halides is 39. The molecule has 5 atom stereocenters. The SMILES string of the molecule is CC(C)(C(F)(F)F)C(F)(F)F.CC(C)(C)C(F)(F)F.CC(C)C(C)C.CCC(C)(C)C.CCC(C)(C)C.CCC(C)C(F)(F)F.CCC(C)CC.CCCC(C(F)(F)F)C(F)(F)F.CCCCCC(F)(F)F.CCCCCCC(F)(F)F.CCCC[C@H](C)C(F)(F)F.CCC[C@H](C)C(F)(F)F.CCC[C@H](C)CC(F)(F)F.C[C@@H](CCC(F)(F)F)C(F)(F)F. The molecule has 1 unspecified atom stereocenters. The fourth-order valence-corrected chi connectivity index (χ4v) is 5.61. The molecule has 0 spiro atoms. The van der Waals surface area contributed by atoms with Gasteiger partial charge in [0.2, 0.25) is 0 Å². The van der Waals surface area contributed by atoms with Crippen LogP contribution in [0, 0.1) is 74.9 Å². The van der Waals surface area contributed by atoms with Crippen LogP contribution in [0.2, 0.25) is 0 Å². The van der Waals surface area contributed by atoms with Crippen molar-refractivity contribution in [2.75, 3.05) is 0 Å². The molecular formula is C84H157F39. The summed E-state index contributed by atoms with van der Waals surface area (Å²) in [7, 11) is 0. The quantitative estimate of drug-likeness (QED) is 0.0707. The first-order valence-electron chi connectivity index (χ1n) is 41.5. The van der Waals surface area contributed by atoms with Crippen LogP contribution in [0.4, 0.5) is 171 Å². The van der Waals surface area contributed by atoms with Crippen LogP contribution in [-0.2, 0) is 0 Å². The summed E-state index contributed by atoms with van der Waals surface area (Å²) in [5, 5.41) is 0. The summed E-state index contributed by atoms with van der Waals surface area (Å²) in [5.41, 5.74) is -4.10. The minimum atomic E-state index is -5.24. The number of hydrogen-bond acceptors (Lipinski definition) is 0. The Morgan fingerprint density at radius 2 is 0.455 bits per heavy atom. The molecule has 0 aliphatic rings. The van der Waals surface area contributed by atoms with Gasteiger partial charge in [-0.15, -0.1) is 0 Å². The van der Waals surface area contributed by atoms with Crippen molar-refractivity contribution in [1.82, 2.24) is 0 Å². The molecule has 0 aliphatic carbocycles. The lowest BCUT2D eigenvalue weighted by molar-refractivity contribution is -0.327. The average Bonchev–Trinajstić information content (AvgIpc) is 0.791. The third-order valence-electron chi connectivity index (χ3n) is 17.6. The Morgan fingerprint density at radius 3 is 0.593 bits per heavy atom. The molecule has 0 fully saturated rings. The molecule has 0 bridgehead atoms. The number of halogens is 39. The number of unbranched alkanes of at least 4 members (excludes halogenated alkanes) is 6. The Hall–Kier alpha value is -2.73. The van der Waals surface area contributed by atoms with Gasteiger partial charge in [-0.1, -0.05) is 304 Å². The van der Waals surface area contributed by atoms with Crippen molar-refractivity contribution in [2.45, 2.75) is 469 Å². The molecule has 0 aromatic carbocycles. The van der Waals surface area contributed by atoms with Crippen molar-refractivity contribution < 1.29 is 171 Å². The van der Waals surface area contributed by atoms with E-state index in [-0.39, 0.29) is 58.3 Å². The Bertz CT molecular complexity index is 2140. The molecule has 0 saturated heterocycles. The highest BCUT2D eigenvalue weighted by atomic mass is 19.5. The zero-order valence-electron chi connectivity index (χ0n) is 78.8. The summed E-state index contributed by atoms with van der Waals surface area (Å²) in [6, 6.07) is 0. The second-order valence-corrected chi connectivity index (χ2v) is 34.5. The second-order valence-electron chi connectivity index (χ2n) is 34.5. The molecule has 0 heterocycles. The Labute approximate surface area is 713 Å². The monoisotopic (exact) mass is 1910 g/mol. The van der Waals surface area contributed by atoms with Crippen LogP contribution in [0.15, 0.2) is 0 Å². The molecular weight excluding hydrogens is 1750 g/mol. The highest BCUT2D eigenvalue weighted by molar-refractivity contribution is 4.84. The maximum atomic E-state index is 11.8. The molecule has 766 valence electrons. The van der Waals surface area contributed by atoms with E-state index >= 15 is 0 Å². The number of rotatable bonds is 23. The average molecular weight is 1910 g/mol. The van der Waals surface area contributed by atoms with Crippen molar-refractivity contribution in [3.05, 3.63) is 0 Å². The van der Waals surface area contributed by atoms with Crippen molar-refractivity contribution in [3.8, 4) is 0 Å². The third kappa shape index (κ3) is 128. The van der Waals surface area contributed by atoms with Gasteiger partial charge in [-0.3, -0.25) is 0 Å². The van der Waals surface area contributed by atoms with E-state index in [9.17, 15) is 171 Å². The zero-order chi connectivity index (χ0) is 103. The first kappa shape index (κ1) is 151. The predicted octanol–water partition coefficient (Wildman–Crippen LogP) is 41.4. The van der Waals surface area contributed by atoms with Gasteiger partial charge in [0.25, 0.3) is 0 Å². The van der Waals surface area contributed by atoms with Gasteiger partial charge in [0.15, 0.2) is 11.3 Å². The van der Waals surface area contributed by atoms with Gasteiger partial charge in [0.1, 0.15) is 0 Å². The largest absolute Gasteiger partial charge is 0.402 e. The lowest BCUT2D eigenvalue weighted by atomic mass is 9.92. The summed E-state index contributed by atoms with van der Waals surface area (Å²) >= 11 is 0. The normalized spacial score (nSPS) is 14.0. The van der Waals surface area contributed by atoms with Crippen molar-refractivity contribution in [2.24, 2.45) is 74.9 Å². The van der Waals surface area contributed by atoms with Gasteiger partial charge < -0.3 is 0 Å². The highest BCUT2D eigenvalue weighted by Crippen LogP contribution is 2.50. The van der Waals surface area contributed by atoms with Crippen molar-refractivity contribution in [1.29, 1.82) is 0 Å². The summed E-state index contributed by atoms with van der Waals surface area (Å²) in [4.78, 5) is 0. The fraction of sp³-hybridized carbons (Fsp3) is 1.00. The van der Waals surface area contributed by atoms with Gasteiger partial charge in [0.05, 0.1) is 29.1 Å². The molecule has 0 radical (unpaired) electrons. The molecule has 123 heavy (non-hydrogen) atoms. The van der Waals surface area contributed by atoms with Crippen molar-refractivity contribution >= 4 is 0 Å². The van der Waals surface area contributed by atoms with Crippen LogP contribution in [-0.4, -0.2) is 80.3 Å². The molecule has 0 saturated carbocycles. The molecule has 0 aromatic rings. The maximum absolute atomic E-state index is 11.8. The topological polar surface area (TPSA) is 0 Å². The molecule has 0 aromatic heterocycles. The highest BCUT2D eigenvalue weighted by Gasteiger charge is 2.64. The molecule has 0 N–H and O–H groups in total. The second kappa shape index (κ2) is 72.0. The van der Waals surface area contributed by atoms with E-state index < -0.39 is 159 Å². The fourth-order valence-electron chi connectivity index (χ4n) is 5.61. The smallest absolute Gasteiger partial charge is 0.171 e. The van der Waals surface area contributed by atoms with E-state index in [2.05, 4.69) is 104 Å². The minimum Gasteiger partial charge on any atom is -0.171 e. The van der Waals surface area contributed by atoms with Crippen LogP contribution in [0.1, 0.15) is 389 Å². The maximum Gasteiger partial charge on any atom is 0.402 e. The Kier molecular flexibility index (Phi) is 88.6. The van der Waals surface area contributed by atoms with E-state index in [1.807, 2.05) is 27.7 Å². The lowest BCUT2D eigenvalue weighted by Gasteiger charge is -2.29. The van der Waals surface area contributed by atoms with Crippen LogP contribution < -0.4 is 0 Å². The molecule has 0 amide bonds. The first-order valence-corrected chi connectivity index (χ1v) is 41.5. The molecule has 0 nitrogen and oxygen atoms in total. The molecule has 39 heteroatoms. The van der Waals surface area contributed by atoms with Gasteiger partial charge in [0, 0.05) is 25.7 Å². The Balaban J connectivity index is -0.0000000872. The molecule has 0 aliphatic heterocycles. The van der Waals surface area contributed by atoms with E-state index in [4.69, 9.17) is 0 Å². The van der Waals surface area contributed by atoms with E-state index in [0.29, 0.717) is 42.9 Å². The van der Waals surface area contributed by atoms with Crippen LogP contribution in [0.5, 0.6) is 0 Å². The van der Waals surface area contributed by atoms with E-state index in [1.165, 1.54) is 60.3 Å². The van der Waals surface area contributed by atoms with Gasteiger partial charge in [-0.05, 0) is 93.3 Å². The number of hydrogen-bond donors (Lipinski definition) is 0. The predicted molar refractivity (Wildman–Crippen MR) is 421 cm³/mol. The van der Waals surface area contributed by atoms with Crippen molar-refractivity contribution in [3.63, 3.8) is 0 Å².